The zero-order valence-electron chi connectivity index (χ0n) is 9.28. The molecule has 0 aromatic heterocycles. The number of aliphatic hydroxyl groups excluding tert-OH is 1. The van der Waals surface area contributed by atoms with Gasteiger partial charge in [-0.1, -0.05) is 6.92 Å². The summed E-state index contributed by atoms with van der Waals surface area (Å²) in [5.41, 5.74) is 0. The molecule has 1 unspecified atom stereocenters. The van der Waals surface area contributed by atoms with Gasteiger partial charge in [0.05, 0.1) is 0 Å². The van der Waals surface area contributed by atoms with Gasteiger partial charge in [-0.15, -0.1) is 0 Å². The maximum absolute atomic E-state index is 9.06. The van der Waals surface area contributed by atoms with E-state index in [0.717, 1.165) is 18.4 Å². The fourth-order valence-corrected chi connectivity index (χ4v) is 2.05. The summed E-state index contributed by atoms with van der Waals surface area (Å²) in [5.74, 6) is 2.42. The summed E-state index contributed by atoms with van der Waals surface area (Å²) in [4.78, 5) is 2.59. The fourth-order valence-electron chi connectivity index (χ4n) is 2.05. The summed E-state index contributed by atoms with van der Waals surface area (Å²) in [6.07, 6.45) is 5.76. The van der Waals surface area contributed by atoms with Gasteiger partial charge in [0.2, 0.25) is 0 Å². The standard InChI is InChI=1S/C12H23NO/c1-10(9-14)6-13(7-11-2-3-11)8-12-4-5-12/h10-12,14H,2-9H2,1H3. The van der Waals surface area contributed by atoms with E-state index >= 15 is 0 Å². The highest BCUT2D eigenvalue weighted by molar-refractivity contribution is 4.82. The van der Waals surface area contributed by atoms with Crippen molar-refractivity contribution < 1.29 is 5.11 Å². The first kappa shape index (κ1) is 10.4. The summed E-state index contributed by atoms with van der Waals surface area (Å²) in [7, 11) is 0. The van der Waals surface area contributed by atoms with Crippen molar-refractivity contribution >= 4 is 0 Å². The van der Waals surface area contributed by atoms with Crippen LogP contribution in [0, 0.1) is 17.8 Å². The van der Waals surface area contributed by atoms with E-state index in [0.29, 0.717) is 12.5 Å². The topological polar surface area (TPSA) is 23.5 Å². The zero-order valence-corrected chi connectivity index (χ0v) is 9.28. The minimum Gasteiger partial charge on any atom is -0.396 e. The van der Waals surface area contributed by atoms with Crippen LogP contribution in [0.15, 0.2) is 0 Å². The average Bonchev–Trinajstić information content (AvgIpc) is 2.99. The molecule has 1 atom stereocenters. The molecule has 0 radical (unpaired) electrons. The largest absolute Gasteiger partial charge is 0.396 e. The molecule has 2 saturated carbocycles. The van der Waals surface area contributed by atoms with E-state index in [1.807, 2.05) is 0 Å². The maximum atomic E-state index is 9.06. The predicted molar refractivity (Wildman–Crippen MR) is 58.1 cm³/mol. The van der Waals surface area contributed by atoms with E-state index in [4.69, 9.17) is 5.11 Å². The summed E-state index contributed by atoms with van der Waals surface area (Å²) in [5, 5.41) is 9.06. The number of nitrogens with zero attached hydrogens (tertiary/aromatic N) is 1. The normalized spacial score (nSPS) is 24.2. The molecule has 0 amide bonds. The third-order valence-electron chi connectivity index (χ3n) is 3.31. The smallest absolute Gasteiger partial charge is 0.0468 e. The van der Waals surface area contributed by atoms with Crippen LogP contribution >= 0.6 is 0 Å². The van der Waals surface area contributed by atoms with Crippen molar-refractivity contribution in [1.82, 2.24) is 4.90 Å². The second-order valence-corrected chi connectivity index (χ2v) is 5.39. The van der Waals surface area contributed by atoms with Gasteiger partial charge in [0.1, 0.15) is 0 Å². The first-order valence-corrected chi connectivity index (χ1v) is 6.11. The van der Waals surface area contributed by atoms with Gasteiger partial charge < -0.3 is 10.0 Å². The second-order valence-electron chi connectivity index (χ2n) is 5.39. The Morgan fingerprint density at radius 1 is 1.14 bits per heavy atom. The van der Waals surface area contributed by atoms with Crippen molar-refractivity contribution in [3.63, 3.8) is 0 Å². The van der Waals surface area contributed by atoms with Crippen LogP contribution in [-0.4, -0.2) is 36.2 Å². The van der Waals surface area contributed by atoms with E-state index in [1.165, 1.54) is 38.8 Å². The van der Waals surface area contributed by atoms with Crippen LogP contribution in [0.4, 0.5) is 0 Å². The average molecular weight is 197 g/mol. The highest BCUT2D eigenvalue weighted by Gasteiger charge is 2.29. The van der Waals surface area contributed by atoms with Crippen molar-refractivity contribution in [2.24, 2.45) is 17.8 Å². The maximum Gasteiger partial charge on any atom is 0.0468 e. The molecule has 2 fully saturated rings. The summed E-state index contributed by atoms with van der Waals surface area (Å²) < 4.78 is 0. The molecule has 2 aliphatic rings. The quantitative estimate of drug-likeness (QED) is 0.672. The monoisotopic (exact) mass is 197 g/mol. The van der Waals surface area contributed by atoms with Crippen LogP contribution in [0.25, 0.3) is 0 Å². The molecule has 14 heavy (non-hydrogen) atoms. The summed E-state index contributed by atoms with van der Waals surface area (Å²) >= 11 is 0. The van der Waals surface area contributed by atoms with Crippen molar-refractivity contribution in [2.45, 2.75) is 32.6 Å². The number of hydrogen-bond donors (Lipinski definition) is 1. The van der Waals surface area contributed by atoms with Crippen molar-refractivity contribution in [3.05, 3.63) is 0 Å². The van der Waals surface area contributed by atoms with Crippen molar-refractivity contribution in [1.29, 1.82) is 0 Å². The second kappa shape index (κ2) is 4.63. The van der Waals surface area contributed by atoms with Gasteiger partial charge in [-0.2, -0.15) is 0 Å². The minimum absolute atomic E-state index is 0.339. The SMILES string of the molecule is CC(CO)CN(CC1CC1)CC1CC1. The van der Waals surface area contributed by atoms with Gasteiger partial charge in [-0.05, 0) is 43.4 Å². The Bertz CT molecular complexity index is 161. The predicted octanol–water partition coefficient (Wildman–Crippen LogP) is 1.74. The molecule has 0 bridgehead atoms. The Morgan fingerprint density at radius 2 is 1.64 bits per heavy atom. The van der Waals surface area contributed by atoms with Gasteiger partial charge in [0, 0.05) is 26.2 Å². The van der Waals surface area contributed by atoms with Crippen LogP contribution < -0.4 is 0 Å². The van der Waals surface area contributed by atoms with Crippen LogP contribution in [0.5, 0.6) is 0 Å². The Hall–Kier alpha value is -0.0800. The lowest BCUT2D eigenvalue weighted by molar-refractivity contribution is 0.165. The molecule has 2 aliphatic carbocycles. The molecule has 2 heteroatoms. The van der Waals surface area contributed by atoms with Crippen LogP contribution in [0.2, 0.25) is 0 Å². The Morgan fingerprint density at radius 3 is 2.00 bits per heavy atom. The molecule has 1 N–H and O–H groups in total. The molecule has 0 heterocycles. The highest BCUT2D eigenvalue weighted by atomic mass is 16.3. The lowest BCUT2D eigenvalue weighted by Crippen LogP contribution is -2.33. The van der Waals surface area contributed by atoms with Gasteiger partial charge >= 0.3 is 0 Å². The van der Waals surface area contributed by atoms with Gasteiger partial charge in [-0.25, -0.2) is 0 Å². The molecular formula is C12H23NO. The lowest BCUT2D eigenvalue weighted by atomic mass is 10.1. The molecule has 0 aliphatic heterocycles. The van der Waals surface area contributed by atoms with E-state index in [1.54, 1.807) is 0 Å². The van der Waals surface area contributed by atoms with Crippen molar-refractivity contribution in [3.8, 4) is 0 Å². The molecule has 0 spiro atoms. The third-order valence-corrected chi connectivity index (χ3v) is 3.31. The van der Waals surface area contributed by atoms with Crippen LogP contribution in [0.1, 0.15) is 32.6 Å². The van der Waals surface area contributed by atoms with Gasteiger partial charge in [0.25, 0.3) is 0 Å². The number of aliphatic hydroxyl groups is 1. The first-order valence-electron chi connectivity index (χ1n) is 6.11. The Balaban J connectivity index is 1.71. The number of hydrogen-bond acceptors (Lipinski definition) is 2. The van der Waals surface area contributed by atoms with Crippen LogP contribution in [0.3, 0.4) is 0 Å². The van der Waals surface area contributed by atoms with Crippen molar-refractivity contribution in [2.75, 3.05) is 26.2 Å². The molecule has 0 saturated heterocycles. The molecule has 82 valence electrons. The van der Waals surface area contributed by atoms with E-state index in [2.05, 4.69) is 11.8 Å². The number of rotatable bonds is 7. The summed E-state index contributed by atoms with van der Waals surface area (Å²) in [6, 6.07) is 0. The molecule has 2 rings (SSSR count). The fraction of sp³-hybridized carbons (Fsp3) is 1.00. The van der Waals surface area contributed by atoms with E-state index < -0.39 is 0 Å². The summed E-state index contributed by atoms with van der Waals surface area (Å²) in [6.45, 7) is 6.17. The van der Waals surface area contributed by atoms with E-state index in [-0.39, 0.29) is 0 Å². The minimum atomic E-state index is 0.339. The van der Waals surface area contributed by atoms with Crippen LogP contribution in [-0.2, 0) is 0 Å². The van der Waals surface area contributed by atoms with E-state index in [9.17, 15) is 0 Å². The Labute approximate surface area is 87.3 Å². The van der Waals surface area contributed by atoms with Gasteiger partial charge in [-0.3, -0.25) is 0 Å². The third kappa shape index (κ3) is 3.58. The first-order chi connectivity index (χ1) is 6.78. The van der Waals surface area contributed by atoms with Gasteiger partial charge in [0.15, 0.2) is 0 Å². The Kier molecular flexibility index (Phi) is 3.45. The molecular weight excluding hydrogens is 174 g/mol. The molecule has 0 aromatic rings. The zero-order chi connectivity index (χ0) is 9.97. The lowest BCUT2D eigenvalue weighted by Gasteiger charge is -2.24. The molecule has 2 nitrogen and oxygen atoms in total. The molecule has 0 aromatic carbocycles. The highest BCUT2D eigenvalue weighted by Crippen LogP contribution is 2.33.